The highest BCUT2D eigenvalue weighted by atomic mass is 32.3. The van der Waals surface area contributed by atoms with Crippen LogP contribution in [0.2, 0.25) is 0 Å². The maximum Gasteiger partial charge on any atom is 0.394 e. The van der Waals surface area contributed by atoms with E-state index < -0.39 is 10.4 Å². The van der Waals surface area contributed by atoms with Crippen molar-refractivity contribution in [2.45, 2.75) is 6.42 Å². The predicted molar refractivity (Wildman–Crippen MR) is 83.1 cm³/mol. The van der Waals surface area contributed by atoms with E-state index in [9.17, 15) is 10.2 Å². The lowest BCUT2D eigenvalue weighted by atomic mass is 10.1. The molecule has 0 amide bonds. The molecule has 6 nitrogen and oxygen atoms in total. The van der Waals surface area contributed by atoms with Crippen molar-refractivity contribution in [3.63, 3.8) is 0 Å². The van der Waals surface area contributed by atoms with E-state index in [1.165, 1.54) is 6.07 Å². The molecule has 0 aliphatic heterocycles. The molecule has 0 radical (unpaired) electrons. The average Bonchev–Trinajstić information content (AvgIpc) is 2.37. The molecule has 0 saturated carbocycles. The van der Waals surface area contributed by atoms with Gasteiger partial charge >= 0.3 is 10.4 Å². The minimum Gasteiger partial charge on any atom is -0.508 e. The SMILES string of the molecule is O=S(=O)(O)O.Oc1cc(O)cc(C/C=C/c2ccccc2)c1. The lowest BCUT2D eigenvalue weighted by Gasteiger charge is -2.00. The zero-order valence-electron chi connectivity index (χ0n) is 11.5. The Labute approximate surface area is 128 Å². The number of aromatic hydroxyl groups is 2. The number of benzene rings is 2. The molecule has 0 unspecified atom stereocenters. The molecule has 2 rings (SSSR count). The third-order valence-electron chi connectivity index (χ3n) is 2.43. The van der Waals surface area contributed by atoms with Crippen LogP contribution in [0.1, 0.15) is 11.1 Å². The van der Waals surface area contributed by atoms with Crippen LogP contribution in [0.4, 0.5) is 0 Å². The summed E-state index contributed by atoms with van der Waals surface area (Å²) in [6.45, 7) is 0. The number of allylic oxidation sites excluding steroid dienone is 1. The van der Waals surface area contributed by atoms with Crippen LogP contribution in [0.5, 0.6) is 11.5 Å². The highest BCUT2D eigenvalue weighted by Gasteiger charge is 1.96. The van der Waals surface area contributed by atoms with E-state index in [1.54, 1.807) is 12.1 Å². The van der Waals surface area contributed by atoms with E-state index in [2.05, 4.69) is 0 Å². The molecule has 4 N–H and O–H groups in total. The van der Waals surface area contributed by atoms with E-state index >= 15 is 0 Å². The Hall–Kier alpha value is -2.35. The molecule has 2 aromatic carbocycles. The molecule has 2 aromatic rings. The second-order valence-electron chi connectivity index (χ2n) is 4.32. The summed E-state index contributed by atoms with van der Waals surface area (Å²) in [5, 5.41) is 18.7. The number of hydrogen-bond acceptors (Lipinski definition) is 4. The predicted octanol–water partition coefficient (Wildman–Crippen LogP) is 2.70. The lowest BCUT2D eigenvalue weighted by molar-refractivity contribution is 0.381. The molecule has 0 fully saturated rings. The first-order valence-electron chi connectivity index (χ1n) is 6.17. The third kappa shape index (κ3) is 8.75. The van der Waals surface area contributed by atoms with Gasteiger partial charge in [0.25, 0.3) is 0 Å². The van der Waals surface area contributed by atoms with Gasteiger partial charge in [-0.3, -0.25) is 9.11 Å². The van der Waals surface area contributed by atoms with Crippen LogP contribution < -0.4 is 0 Å². The molecule has 0 bridgehead atoms. The van der Waals surface area contributed by atoms with E-state index in [1.807, 2.05) is 42.5 Å². The largest absolute Gasteiger partial charge is 0.508 e. The number of phenols is 2. The molecule has 0 aliphatic rings. The Morgan fingerprint density at radius 1 is 0.909 bits per heavy atom. The van der Waals surface area contributed by atoms with Crippen molar-refractivity contribution in [3.8, 4) is 11.5 Å². The fourth-order valence-corrected chi connectivity index (χ4v) is 1.67. The Morgan fingerprint density at radius 3 is 1.91 bits per heavy atom. The van der Waals surface area contributed by atoms with Gasteiger partial charge in [-0.2, -0.15) is 8.42 Å². The van der Waals surface area contributed by atoms with Gasteiger partial charge in [-0.15, -0.1) is 0 Å². The van der Waals surface area contributed by atoms with Gasteiger partial charge < -0.3 is 10.2 Å². The summed E-state index contributed by atoms with van der Waals surface area (Å²) in [7, 11) is -4.67. The Bertz CT molecular complexity index is 695. The monoisotopic (exact) mass is 324 g/mol. The van der Waals surface area contributed by atoms with E-state index in [0.29, 0.717) is 6.42 Å². The first kappa shape index (κ1) is 17.7. The summed E-state index contributed by atoms with van der Waals surface area (Å²) in [4.78, 5) is 0. The Kier molecular flexibility index (Phi) is 6.58. The molecule has 0 saturated heterocycles. The molecular formula is C15H16O6S. The van der Waals surface area contributed by atoms with Crippen molar-refractivity contribution >= 4 is 16.5 Å². The maximum absolute atomic E-state index is 9.33. The molecule has 7 heteroatoms. The van der Waals surface area contributed by atoms with E-state index in [-0.39, 0.29) is 11.5 Å². The fraction of sp³-hybridized carbons (Fsp3) is 0.0667. The van der Waals surface area contributed by atoms with Gasteiger partial charge in [0.15, 0.2) is 0 Å². The van der Waals surface area contributed by atoms with Crippen molar-refractivity contribution in [1.29, 1.82) is 0 Å². The van der Waals surface area contributed by atoms with E-state index in [4.69, 9.17) is 17.5 Å². The summed E-state index contributed by atoms with van der Waals surface area (Å²) in [6.07, 6.45) is 4.70. The molecule has 0 heterocycles. The zero-order valence-corrected chi connectivity index (χ0v) is 12.3. The highest BCUT2D eigenvalue weighted by Crippen LogP contribution is 2.21. The van der Waals surface area contributed by atoms with Crippen LogP contribution in [0, 0.1) is 0 Å². The lowest BCUT2D eigenvalue weighted by Crippen LogP contribution is -1.89. The van der Waals surface area contributed by atoms with Gasteiger partial charge in [0.1, 0.15) is 11.5 Å². The smallest absolute Gasteiger partial charge is 0.394 e. The second kappa shape index (κ2) is 8.18. The van der Waals surface area contributed by atoms with Gasteiger partial charge in [0.2, 0.25) is 0 Å². The summed E-state index contributed by atoms with van der Waals surface area (Å²) in [5.74, 6) is 0.182. The molecule has 22 heavy (non-hydrogen) atoms. The minimum absolute atomic E-state index is 0.0908. The molecular weight excluding hydrogens is 308 g/mol. The standard InChI is InChI=1S/C15H14O2.H2O4S/c16-14-9-13(10-15(17)11-14)8-4-7-12-5-2-1-3-6-12;1-5(2,3)4/h1-7,9-11,16-17H,8H2;(H2,1,2,3,4)/b7-4+;. The summed E-state index contributed by atoms with van der Waals surface area (Å²) < 4.78 is 31.6. The normalized spacial score (nSPS) is 11.0. The van der Waals surface area contributed by atoms with Crippen molar-refractivity contribution in [2.75, 3.05) is 0 Å². The summed E-state index contributed by atoms with van der Waals surface area (Å²) in [6, 6.07) is 14.6. The molecule has 118 valence electrons. The third-order valence-corrected chi connectivity index (χ3v) is 2.43. The van der Waals surface area contributed by atoms with Crippen LogP contribution in [-0.4, -0.2) is 27.7 Å². The van der Waals surface area contributed by atoms with Crippen LogP contribution in [0.3, 0.4) is 0 Å². The van der Waals surface area contributed by atoms with Gasteiger partial charge in [-0.25, -0.2) is 0 Å². The number of hydrogen-bond donors (Lipinski definition) is 4. The summed E-state index contributed by atoms with van der Waals surface area (Å²) >= 11 is 0. The minimum atomic E-state index is -4.67. The maximum atomic E-state index is 9.33. The molecule has 0 aromatic heterocycles. The van der Waals surface area contributed by atoms with Crippen molar-refractivity contribution in [3.05, 3.63) is 65.7 Å². The van der Waals surface area contributed by atoms with Gasteiger partial charge in [0.05, 0.1) is 0 Å². The Balaban J connectivity index is 0.000000422. The van der Waals surface area contributed by atoms with Crippen molar-refractivity contribution in [1.82, 2.24) is 0 Å². The quantitative estimate of drug-likeness (QED) is 0.645. The second-order valence-corrected chi connectivity index (χ2v) is 5.22. The van der Waals surface area contributed by atoms with E-state index in [0.717, 1.165) is 11.1 Å². The average molecular weight is 324 g/mol. The summed E-state index contributed by atoms with van der Waals surface area (Å²) in [5.41, 5.74) is 2.02. The topological polar surface area (TPSA) is 115 Å². The van der Waals surface area contributed by atoms with Crippen molar-refractivity contribution in [2.24, 2.45) is 0 Å². The zero-order chi connectivity index (χ0) is 16.6. The van der Waals surface area contributed by atoms with Crippen molar-refractivity contribution < 1.29 is 27.7 Å². The first-order valence-corrected chi connectivity index (χ1v) is 7.57. The highest BCUT2D eigenvalue weighted by molar-refractivity contribution is 7.79. The fourth-order valence-electron chi connectivity index (χ4n) is 1.67. The van der Waals surface area contributed by atoms with Crippen LogP contribution >= 0.6 is 0 Å². The van der Waals surface area contributed by atoms with Gasteiger partial charge in [-0.05, 0) is 29.7 Å². The number of rotatable bonds is 3. The van der Waals surface area contributed by atoms with Crippen LogP contribution in [0.25, 0.3) is 6.08 Å². The van der Waals surface area contributed by atoms with Gasteiger partial charge in [0, 0.05) is 6.07 Å². The van der Waals surface area contributed by atoms with Crippen LogP contribution in [-0.2, 0) is 16.8 Å². The Morgan fingerprint density at radius 2 is 1.41 bits per heavy atom. The van der Waals surface area contributed by atoms with Crippen LogP contribution in [0.15, 0.2) is 54.6 Å². The molecule has 0 aliphatic carbocycles. The molecule has 0 atom stereocenters. The van der Waals surface area contributed by atoms with Gasteiger partial charge in [-0.1, -0.05) is 42.5 Å². The first-order chi connectivity index (χ1) is 10.2. The molecule has 0 spiro atoms. The number of phenolic OH excluding ortho intramolecular Hbond substituents is 2.